The number of hydrogen-bond acceptors (Lipinski definition) is 5. The molecule has 1 atom stereocenters. The smallest absolute Gasteiger partial charge is 0.261 e. The van der Waals surface area contributed by atoms with E-state index in [1.807, 2.05) is 36.1 Å². The van der Waals surface area contributed by atoms with Crippen LogP contribution in [0.2, 0.25) is 0 Å². The Morgan fingerprint density at radius 1 is 1.06 bits per heavy atom. The Labute approximate surface area is 198 Å². The predicted molar refractivity (Wildman–Crippen MR) is 132 cm³/mol. The number of nitrogens with one attached hydrogen (secondary N) is 1. The molecule has 3 heterocycles. The van der Waals surface area contributed by atoms with E-state index in [1.165, 1.54) is 47.4 Å². The standard InChI is InChI=1S/C26H30N4O2S/c1-17-22(23-12-13-27-29(23)2)15-24(33-17)28-19(14-18-8-4-3-5-9-18)16-30-25(31)20-10-6-7-11-21(20)26(30)32/h6-7,10-13,15,18-19,28H,3-5,8-9,14,16H2,1-2H3/t19-/m0/s1. The molecule has 3 aromatic rings. The van der Waals surface area contributed by atoms with Gasteiger partial charge >= 0.3 is 0 Å². The maximum absolute atomic E-state index is 13.0. The second-order valence-corrected chi connectivity index (χ2v) is 10.5. The molecule has 1 aliphatic heterocycles. The highest BCUT2D eigenvalue weighted by Gasteiger charge is 2.37. The van der Waals surface area contributed by atoms with Crippen LogP contribution in [-0.4, -0.2) is 39.1 Å². The molecule has 1 N–H and O–H groups in total. The van der Waals surface area contributed by atoms with Gasteiger partial charge in [-0.1, -0.05) is 44.2 Å². The number of nitrogens with zero attached hydrogens (tertiary/aromatic N) is 3. The van der Waals surface area contributed by atoms with Crippen LogP contribution in [0, 0.1) is 12.8 Å². The number of hydrogen-bond donors (Lipinski definition) is 1. The monoisotopic (exact) mass is 462 g/mol. The zero-order chi connectivity index (χ0) is 22.9. The van der Waals surface area contributed by atoms with Crippen LogP contribution >= 0.6 is 11.3 Å². The molecular weight excluding hydrogens is 432 g/mol. The van der Waals surface area contributed by atoms with Crippen LogP contribution in [0.15, 0.2) is 42.6 Å². The van der Waals surface area contributed by atoms with E-state index in [0.717, 1.165) is 17.1 Å². The molecule has 2 aromatic heterocycles. The first kappa shape index (κ1) is 21.9. The fraction of sp³-hybridized carbons (Fsp3) is 0.423. The van der Waals surface area contributed by atoms with E-state index in [2.05, 4.69) is 23.4 Å². The van der Waals surface area contributed by atoms with Crippen LogP contribution < -0.4 is 5.32 Å². The van der Waals surface area contributed by atoms with Gasteiger partial charge < -0.3 is 5.32 Å². The van der Waals surface area contributed by atoms with Gasteiger partial charge in [0.2, 0.25) is 0 Å². The number of benzene rings is 1. The van der Waals surface area contributed by atoms with Crippen molar-refractivity contribution in [2.75, 3.05) is 11.9 Å². The Bertz CT molecular complexity index is 1140. The van der Waals surface area contributed by atoms with Gasteiger partial charge in [-0.3, -0.25) is 19.2 Å². The minimum absolute atomic E-state index is 0.0211. The van der Waals surface area contributed by atoms with Crippen LogP contribution in [0.4, 0.5) is 5.00 Å². The molecule has 0 radical (unpaired) electrons. The topological polar surface area (TPSA) is 67.2 Å². The number of aryl methyl sites for hydroxylation is 2. The van der Waals surface area contributed by atoms with Crippen molar-refractivity contribution in [2.45, 2.75) is 51.5 Å². The summed E-state index contributed by atoms with van der Waals surface area (Å²) in [7, 11) is 1.95. The van der Waals surface area contributed by atoms with Crippen molar-refractivity contribution in [1.82, 2.24) is 14.7 Å². The van der Waals surface area contributed by atoms with Gasteiger partial charge in [0, 0.05) is 36.3 Å². The fourth-order valence-electron chi connectivity index (χ4n) is 5.28. The van der Waals surface area contributed by atoms with Gasteiger partial charge in [0.15, 0.2) is 0 Å². The number of rotatable bonds is 7. The summed E-state index contributed by atoms with van der Waals surface area (Å²) in [5, 5.41) is 9.08. The minimum Gasteiger partial charge on any atom is -0.372 e. The highest BCUT2D eigenvalue weighted by atomic mass is 32.1. The van der Waals surface area contributed by atoms with Crippen LogP contribution in [-0.2, 0) is 7.05 Å². The first-order chi connectivity index (χ1) is 16.0. The van der Waals surface area contributed by atoms with Crippen molar-refractivity contribution in [3.05, 3.63) is 58.6 Å². The number of amides is 2. The van der Waals surface area contributed by atoms with E-state index >= 15 is 0 Å². The average molecular weight is 463 g/mol. The van der Waals surface area contributed by atoms with Crippen LogP contribution in [0.3, 0.4) is 0 Å². The maximum atomic E-state index is 13.0. The average Bonchev–Trinajstić information content (AvgIpc) is 3.47. The summed E-state index contributed by atoms with van der Waals surface area (Å²) >= 11 is 1.72. The summed E-state index contributed by atoms with van der Waals surface area (Å²) in [6.07, 6.45) is 9.08. The zero-order valence-corrected chi connectivity index (χ0v) is 20.0. The molecular formula is C26H30N4O2S. The third kappa shape index (κ3) is 4.34. The Morgan fingerprint density at radius 3 is 2.39 bits per heavy atom. The lowest BCUT2D eigenvalue weighted by molar-refractivity contribution is 0.0643. The Hall–Kier alpha value is -2.93. The minimum atomic E-state index is -0.177. The molecule has 0 bridgehead atoms. The second kappa shape index (κ2) is 9.14. The van der Waals surface area contributed by atoms with E-state index in [1.54, 1.807) is 23.5 Å². The van der Waals surface area contributed by atoms with E-state index in [-0.39, 0.29) is 17.9 Å². The number of imide groups is 1. The molecule has 1 aliphatic carbocycles. The highest BCUT2D eigenvalue weighted by Crippen LogP contribution is 2.36. The molecule has 33 heavy (non-hydrogen) atoms. The first-order valence-corrected chi connectivity index (χ1v) is 12.6. The second-order valence-electron chi connectivity index (χ2n) is 9.27. The predicted octanol–water partition coefficient (Wildman–Crippen LogP) is 5.50. The summed E-state index contributed by atoms with van der Waals surface area (Å²) < 4.78 is 1.89. The number of carbonyl (C=O) groups excluding carboxylic acids is 2. The molecule has 1 saturated carbocycles. The molecule has 1 aromatic carbocycles. The Morgan fingerprint density at radius 2 is 1.76 bits per heavy atom. The van der Waals surface area contributed by atoms with Gasteiger partial charge in [-0.05, 0) is 43.5 Å². The normalized spacial score (nSPS) is 17.5. The summed E-state index contributed by atoms with van der Waals surface area (Å²) in [6, 6.07) is 11.4. The van der Waals surface area contributed by atoms with Crippen molar-refractivity contribution >= 4 is 28.2 Å². The molecule has 0 saturated heterocycles. The van der Waals surface area contributed by atoms with Crippen molar-refractivity contribution in [3.63, 3.8) is 0 Å². The van der Waals surface area contributed by atoms with Gasteiger partial charge in [-0.2, -0.15) is 5.10 Å². The third-order valence-corrected chi connectivity index (χ3v) is 7.97. The zero-order valence-electron chi connectivity index (χ0n) is 19.2. The van der Waals surface area contributed by atoms with Gasteiger partial charge in [0.05, 0.1) is 21.8 Å². The SMILES string of the molecule is Cc1sc(N[C@@H](CC2CCCCC2)CN2C(=O)c3ccccc3C2=O)cc1-c1ccnn1C. The molecule has 5 rings (SSSR count). The van der Waals surface area contributed by atoms with Gasteiger partial charge in [0.1, 0.15) is 0 Å². The molecule has 0 unspecified atom stereocenters. The van der Waals surface area contributed by atoms with E-state index in [0.29, 0.717) is 23.6 Å². The molecule has 1 fully saturated rings. The quantitative estimate of drug-likeness (QED) is 0.471. The van der Waals surface area contributed by atoms with Crippen molar-refractivity contribution < 1.29 is 9.59 Å². The van der Waals surface area contributed by atoms with Crippen molar-refractivity contribution in [2.24, 2.45) is 13.0 Å². The molecule has 172 valence electrons. The lowest BCUT2D eigenvalue weighted by Gasteiger charge is -2.29. The largest absolute Gasteiger partial charge is 0.372 e. The van der Waals surface area contributed by atoms with Crippen LogP contribution in [0.25, 0.3) is 11.3 Å². The van der Waals surface area contributed by atoms with Crippen molar-refractivity contribution in [3.8, 4) is 11.3 Å². The summed E-state index contributed by atoms with van der Waals surface area (Å²) in [6.45, 7) is 2.51. The molecule has 7 heteroatoms. The fourth-order valence-corrected chi connectivity index (χ4v) is 6.28. The van der Waals surface area contributed by atoms with Crippen LogP contribution in [0.1, 0.15) is 64.1 Å². The first-order valence-electron chi connectivity index (χ1n) is 11.8. The number of thiophene rings is 1. The number of carbonyl (C=O) groups is 2. The third-order valence-electron chi connectivity index (χ3n) is 6.98. The lowest BCUT2D eigenvalue weighted by atomic mass is 9.84. The van der Waals surface area contributed by atoms with E-state index in [4.69, 9.17) is 0 Å². The number of anilines is 1. The van der Waals surface area contributed by atoms with E-state index in [9.17, 15) is 9.59 Å². The van der Waals surface area contributed by atoms with E-state index < -0.39 is 0 Å². The Kier molecular flexibility index (Phi) is 6.06. The molecule has 2 amide bonds. The lowest BCUT2D eigenvalue weighted by Crippen LogP contribution is -2.41. The molecule has 2 aliphatic rings. The highest BCUT2D eigenvalue weighted by molar-refractivity contribution is 7.16. The molecule has 0 spiro atoms. The summed E-state index contributed by atoms with van der Waals surface area (Å²) in [4.78, 5) is 28.7. The van der Waals surface area contributed by atoms with Gasteiger partial charge in [-0.15, -0.1) is 11.3 Å². The number of fused-ring (bicyclic) bond motifs is 1. The van der Waals surface area contributed by atoms with Gasteiger partial charge in [0.25, 0.3) is 11.8 Å². The van der Waals surface area contributed by atoms with Crippen LogP contribution in [0.5, 0.6) is 0 Å². The van der Waals surface area contributed by atoms with Gasteiger partial charge in [-0.25, -0.2) is 0 Å². The van der Waals surface area contributed by atoms with Crippen molar-refractivity contribution in [1.29, 1.82) is 0 Å². The number of aromatic nitrogens is 2. The summed E-state index contributed by atoms with van der Waals surface area (Å²) in [5.74, 6) is 0.275. The Balaban J connectivity index is 1.38. The molecule has 6 nitrogen and oxygen atoms in total. The maximum Gasteiger partial charge on any atom is 0.261 e. The summed E-state index contributed by atoms with van der Waals surface area (Å²) in [5.41, 5.74) is 3.29.